The van der Waals surface area contributed by atoms with Gasteiger partial charge in [0.1, 0.15) is 0 Å². The largest absolute Gasteiger partial charge is 0.436 e. The second-order valence-corrected chi connectivity index (χ2v) is 6.82. The summed E-state index contributed by atoms with van der Waals surface area (Å²) in [5.74, 6) is -0.250. The predicted octanol–water partition coefficient (Wildman–Crippen LogP) is 3.59. The molecule has 1 aromatic heterocycles. The number of nitrogens with one attached hydrogen (secondary N) is 1. The summed E-state index contributed by atoms with van der Waals surface area (Å²) in [6.07, 6.45) is -2.30. The number of rotatable bonds is 8. The average Bonchev–Trinajstić information content (AvgIpc) is 3.24. The quantitative estimate of drug-likeness (QED) is 0.506. The van der Waals surface area contributed by atoms with E-state index in [1.807, 2.05) is 0 Å². The lowest BCUT2D eigenvalue weighted by Crippen LogP contribution is -2.26. The highest BCUT2D eigenvalue weighted by molar-refractivity contribution is 9.10. The van der Waals surface area contributed by atoms with E-state index in [4.69, 9.17) is 11.6 Å². The predicted molar refractivity (Wildman–Crippen MR) is 84.6 cm³/mol. The van der Waals surface area contributed by atoms with Crippen molar-refractivity contribution in [1.82, 2.24) is 15.1 Å². The van der Waals surface area contributed by atoms with E-state index in [2.05, 4.69) is 26.3 Å². The van der Waals surface area contributed by atoms with Gasteiger partial charge >= 0.3 is 6.18 Å². The van der Waals surface area contributed by atoms with Crippen molar-refractivity contribution in [3.05, 3.63) is 15.9 Å². The first-order valence-corrected chi connectivity index (χ1v) is 8.65. The van der Waals surface area contributed by atoms with Gasteiger partial charge in [-0.2, -0.15) is 18.3 Å². The number of hydrogen-bond donors (Lipinski definition) is 1. The highest BCUT2D eigenvalue weighted by Gasteiger charge is 2.41. The third kappa shape index (κ3) is 5.20. The maximum Gasteiger partial charge on any atom is 0.436 e. The molecule has 0 atom stereocenters. The SMILES string of the molecule is O=C(Cl)CCCNC(=O)CCn1nc(C(F)(F)F)c(Br)c1C1CC1. The number of aromatic nitrogens is 2. The highest BCUT2D eigenvalue weighted by atomic mass is 79.9. The van der Waals surface area contributed by atoms with E-state index in [1.54, 1.807) is 0 Å². The normalized spacial score (nSPS) is 14.7. The van der Waals surface area contributed by atoms with Crippen molar-refractivity contribution in [2.24, 2.45) is 0 Å². The third-order valence-corrected chi connectivity index (χ3v) is 4.56. The zero-order valence-electron chi connectivity index (χ0n) is 12.6. The van der Waals surface area contributed by atoms with Gasteiger partial charge in [0.15, 0.2) is 5.69 Å². The van der Waals surface area contributed by atoms with Crippen LogP contribution in [0.3, 0.4) is 0 Å². The van der Waals surface area contributed by atoms with Gasteiger partial charge < -0.3 is 5.32 Å². The first-order chi connectivity index (χ1) is 11.2. The molecule has 2 rings (SSSR count). The lowest BCUT2D eigenvalue weighted by Gasteiger charge is -2.08. The molecule has 1 amide bonds. The van der Waals surface area contributed by atoms with Gasteiger partial charge in [0.25, 0.3) is 0 Å². The molecule has 1 aromatic rings. The molecule has 0 radical (unpaired) electrons. The van der Waals surface area contributed by atoms with Crippen molar-refractivity contribution in [2.45, 2.75) is 50.7 Å². The van der Waals surface area contributed by atoms with Crippen LogP contribution in [0.15, 0.2) is 4.47 Å². The Bertz CT molecular complexity index is 630. The van der Waals surface area contributed by atoms with Crippen molar-refractivity contribution in [3.8, 4) is 0 Å². The first-order valence-electron chi connectivity index (χ1n) is 7.48. The minimum atomic E-state index is -4.54. The Morgan fingerprint density at radius 2 is 2.00 bits per heavy atom. The Hall–Kier alpha value is -1.09. The molecule has 1 N–H and O–H groups in total. The summed E-state index contributed by atoms with van der Waals surface area (Å²) in [5, 5.41) is 5.76. The van der Waals surface area contributed by atoms with Crippen molar-refractivity contribution in [3.63, 3.8) is 0 Å². The van der Waals surface area contributed by atoms with Gasteiger partial charge in [0.05, 0.1) is 16.7 Å². The monoisotopic (exact) mass is 429 g/mol. The standard InChI is InChI=1S/C14H16BrClF3N3O2/c15-11-12(8-3-4-8)22(21-13(11)14(17,18)19)7-5-10(24)20-6-1-2-9(16)23/h8H,1-7H2,(H,20,24). The zero-order chi connectivity index (χ0) is 17.9. The number of carbonyl (C=O) groups is 2. The Morgan fingerprint density at radius 3 is 2.54 bits per heavy atom. The van der Waals surface area contributed by atoms with Crippen molar-refractivity contribution in [1.29, 1.82) is 0 Å². The summed E-state index contributed by atoms with van der Waals surface area (Å²) in [6.45, 7) is 0.365. The Labute approximate surface area is 150 Å². The van der Waals surface area contributed by atoms with E-state index in [9.17, 15) is 22.8 Å². The second kappa shape index (κ2) is 7.86. The van der Waals surface area contributed by atoms with Crippen LogP contribution in [-0.4, -0.2) is 27.5 Å². The number of carbonyl (C=O) groups excluding carboxylic acids is 2. The van der Waals surface area contributed by atoms with Gasteiger partial charge in [-0.05, 0) is 46.8 Å². The topological polar surface area (TPSA) is 64.0 Å². The molecule has 134 valence electrons. The number of hydrogen-bond acceptors (Lipinski definition) is 3. The molecule has 1 aliphatic rings. The average molecular weight is 431 g/mol. The minimum absolute atomic E-state index is 0.0138. The van der Waals surface area contributed by atoms with Gasteiger partial charge in [-0.25, -0.2) is 0 Å². The summed E-state index contributed by atoms with van der Waals surface area (Å²) in [5.41, 5.74) is -0.451. The summed E-state index contributed by atoms with van der Waals surface area (Å²) in [6, 6.07) is 0. The van der Waals surface area contributed by atoms with Crippen LogP contribution >= 0.6 is 27.5 Å². The number of aryl methyl sites for hydroxylation is 1. The summed E-state index contributed by atoms with van der Waals surface area (Å²) in [4.78, 5) is 22.3. The van der Waals surface area contributed by atoms with Gasteiger partial charge in [-0.15, -0.1) is 0 Å². The van der Waals surface area contributed by atoms with Gasteiger partial charge in [0, 0.05) is 25.3 Å². The number of halogens is 5. The smallest absolute Gasteiger partial charge is 0.356 e. The third-order valence-electron chi connectivity index (χ3n) is 3.59. The Balaban J connectivity index is 1.94. The summed E-state index contributed by atoms with van der Waals surface area (Å²) >= 11 is 8.18. The van der Waals surface area contributed by atoms with Crippen LogP contribution in [0.25, 0.3) is 0 Å². The van der Waals surface area contributed by atoms with E-state index in [1.165, 1.54) is 4.68 Å². The molecule has 0 saturated heterocycles. The van der Waals surface area contributed by atoms with E-state index in [0.29, 0.717) is 18.7 Å². The molecular formula is C14H16BrClF3N3O2. The van der Waals surface area contributed by atoms with E-state index in [-0.39, 0.29) is 35.7 Å². The Morgan fingerprint density at radius 1 is 1.33 bits per heavy atom. The fourth-order valence-corrected chi connectivity index (χ4v) is 3.27. The van der Waals surface area contributed by atoms with Crippen molar-refractivity contribution in [2.75, 3.05) is 6.54 Å². The molecule has 24 heavy (non-hydrogen) atoms. The lowest BCUT2D eigenvalue weighted by molar-refractivity contribution is -0.142. The maximum absolute atomic E-state index is 13.0. The molecule has 1 aliphatic carbocycles. The molecule has 0 aliphatic heterocycles. The molecule has 10 heteroatoms. The van der Waals surface area contributed by atoms with E-state index >= 15 is 0 Å². The van der Waals surface area contributed by atoms with Gasteiger partial charge in [0.2, 0.25) is 11.1 Å². The van der Waals surface area contributed by atoms with Crippen LogP contribution in [0.2, 0.25) is 0 Å². The highest BCUT2D eigenvalue weighted by Crippen LogP contribution is 2.46. The molecule has 0 bridgehead atoms. The van der Waals surface area contributed by atoms with Crippen LogP contribution in [0.1, 0.15) is 49.4 Å². The summed E-state index contributed by atoms with van der Waals surface area (Å²) in [7, 11) is 0. The molecule has 0 unspecified atom stereocenters. The second-order valence-electron chi connectivity index (χ2n) is 5.60. The molecule has 5 nitrogen and oxygen atoms in total. The first kappa shape index (κ1) is 19.2. The minimum Gasteiger partial charge on any atom is -0.356 e. The molecule has 0 spiro atoms. The van der Waals surface area contributed by atoms with Crippen molar-refractivity contribution >= 4 is 38.7 Å². The van der Waals surface area contributed by atoms with Crippen LogP contribution in [0.5, 0.6) is 0 Å². The lowest BCUT2D eigenvalue weighted by atomic mass is 10.2. The number of nitrogens with zero attached hydrogens (tertiary/aromatic N) is 2. The fraction of sp³-hybridized carbons (Fsp3) is 0.643. The Kier molecular flexibility index (Phi) is 6.30. The molecule has 1 heterocycles. The van der Waals surface area contributed by atoms with Crippen LogP contribution in [-0.2, 0) is 22.3 Å². The molecule has 1 fully saturated rings. The van der Waals surface area contributed by atoms with Gasteiger partial charge in [-0.3, -0.25) is 14.3 Å². The van der Waals surface area contributed by atoms with Crippen LogP contribution in [0.4, 0.5) is 13.2 Å². The van der Waals surface area contributed by atoms with Crippen LogP contribution in [0, 0.1) is 0 Å². The molecule has 0 aromatic carbocycles. The number of amides is 1. The van der Waals surface area contributed by atoms with Crippen LogP contribution < -0.4 is 5.32 Å². The van der Waals surface area contributed by atoms with Crippen molar-refractivity contribution < 1.29 is 22.8 Å². The molecule has 1 saturated carbocycles. The number of alkyl halides is 3. The van der Waals surface area contributed by atoms with Gasteiger partial charge in [-0.1, -0.05) is 0 Å². The molecular weight excluding hydrogens is 415 g/mol. The summed E-state index contributed by atoms with van der Waals surface area (Å²) < 4.78 is 40.2. The van der Waals surface area contributed by atoms with E-state index in [0.717, 1.165) is 12.8 Å². The maximum atomic E-state index is 13.0. The zero-order valence-corrected chi connectivity index (χ0v) is 15.0. The fourth-order valence-electron chi connectivity index (χ4n) is 2.30. The van der Waals surface area contributed by atoms with E-state index < -0.39 is 17.1 Å².